The maximum absolute atomic E-state index is 13.0. The zero-order chi connectivity index (χ0) is 20.4. The first kappa shape index (κ1) is 19.5. The quantitative estimate of drug-likeness (QED) is 0.867. The molecule has 6 heteroatoms. The number of aryl methyl sites for hydroxylation is 2. The van der Waals surface area contributed by atoms with E-state index in [1.807, 2.05) is 56.3 Å². The fourth-order valence-corrected chi connectivity index (χ4v) is 3.92. The molecule has 0 radical (unpaired) electrons. The van der Waals surface area contributed by atoms with Crippen LogP contribution in [-0.4, -0.2) is 44.7 Å². The summed E-state index contributed by atoms with van der Waals surface area (Å²) in [4.78, 5) is 29.5. The smallest absolute Gasteiger partial charge is 0.229 e. The van der Waals surface area contributed by atoms with Gasteiger partial charge in [-0.3, -0.25) is 9.59 Å². The number of carbonyl (C=O) groups excluding carboxylic acids is 2. The van der Waals surface area contributed by atoms with Gasteiger partial charge in [0.05, 0.1) is 30.5 Å². The summed E-state index contributed by atoms with van der Waals surface area (Å²) in [5.74, 6) is -0.470. The van der Waals surface area contributed by atoms with Crippen LogP contribution in [0.1, 0.15) is 17.5 Å². The zero-order valence-corrected chi connectivity index (χ0v) is 17.0. The van der Waals surface area contributed by atoms with E-state index in [1.54, 1.807) is 4.90 Å². The summed E-state index contributed by atoms with van der Waals surface area (Å²) in [5.41, 5.74) is 4.98. The molecule has 4 rings (SSSR count). The van der Waals surface area contributed by atoms with Crippen molar-refractivity contribution in [3.8, 4) is 0 Å². The van der Waals surface area contributed by atoms with Crippen molar-refractivity contribution in [2.45, 2.75) is 20.3 Å². The monoisotopic (exact) mass is 393 g/mol. The van der Waals surface area contributed by atoms with Crippen LogP contribution in [0.3, 0.4) is 0 Å². The van der Waals surface area contributed by atoms with E-state index in [9.17, 15) is 9.59 Å². The first-order valence-corrected chi connectivity index (χ1v) is 10.1. The molecule has 1 unspecified atom stereocenters. The number of anilines is 3. The standard InChI is InChI=1S/C23H27N3O3/c1-16-7-8-19(13-17(16)2)26-15-18(14-22(26)27)23(28)24-20-5-3-4-6-21(20)25-9-11-29-12-10-25/h3-8,13,18H,9-12,14-15H2,1-2H3,(H,24,28). The van der Waals surface area contributed by atoms with Crippen LogP contribution in [0.25, 0.3) is 0 Å². The van der Waals surface area contributed by atoms with Gasteiger partial charge in [-0.05, 0) is 49.2 Å². The molecule has 0 aromatic heterocycles. The molecule has 0 aliphatic carbocycles. The normalized spacial score (nSPS) is 19.5. The number of carbonyl (C=O) groups is 2. The van der Waals surface area contributed by atoms with Gasteiger partial charge in [0, 0.05) is 31.7 Å². The number of ether oxygens (including phenoxy) is 1. The largest absolute Gasteiger partial charge is 0.378 e. The second kappa shape index (κ2) is 8.25. The molecule has 2 aromatic rings. The van der Waals surface area contributed by atoms with Crippen LogP contribution in [0, 0.1) is 19.8 Å². The molecule has 2 saturated heterocycles. The summed E-state index contributed by atoms with van der Waals surface area (Å²) in [7, 11) is 0. The average Bonchev–Trinajstić information content (AvgIpc) is 3.13. The minimum absolute atomic E-state index is 0.00475. The maximum atomic E-state index is 13.0. The van der Waals surface area contributed by atoms with Gasteiger partial charge in [-0.15, -0.1) is 0 Å². The summed E-state index contributed by atoms with van der Waals surface area (Å²) >= 11 is 0. The molecule has 0 saturated carbocycles. The molecule has 2 fully saturated rings. The molecule has 2 heterocycles. The van der Waals surface area contributed by atoms with Crippen LogP contribution in [0.5, 0.6) is 0 Å². The topological polar surface area (TPSA) is 61.9 Å². The first-order chi connectivity index (χ1) is 14.0. The number of amides is 2. The van der Waals surface area contributed by atoms with E-state index in [0.29, 0.717) is 19.8 Å². The van der Waals surface area contributed by atoms with E-state index in [2.05, 4.69) is 10.2 Å². The summed E-state index contributed by atoms with van der Waals surface area (Å²) in [5, 5.41) is 3.06. The molecule has 152 valence electrons. The van der Waals surface area contributed by atoms with Gasteiger partial charge in [-0.2, -0.15) is 0 Å². The Hall–Kier alpha value is -2.86. The third-order valence-electron chi connectivity index (χ3n) is 5.81. The third kappa shape index (κ3) is 4.12. The van der Waals surface area contributed by atoms with Gasteiger partial charge in [-0.1, -0.05) is 18.2 Å². The summed E-state index contributed by atoms with van der Waals surface area (Å²) in [6.07, 6.45) is 0.235. The molecule has 29 heavy (non-hydrogen) atoms. The lowest BCUT2D eigenvalue weighted by Gasteiger charge is -2.30. The molecule has 1 atom stereocenters. The molecule has 2 aliphatic heterocycles. The van der Waals surface area contributed by atoms with Gasteiger partial charge in [0.1, 0.15) is 0 Å². The number of hydrogen-bond donors (Lipinski definition) is 1. The first-order valence-electron chi connectivity index (χ1n) is 10.1. The minimum Gasteiger partial charge on any atom is -0.378 e. The number of benzene rings is 2. The number of rotatable bonds is 4. The average molecular weight is 393 g/mol. The number of para-hydroxylation sites is 2. The van der Waals surface area contributed by atoms with Crippen molar-refractivity contribution in [2.75, 3.05) is 48.0 Å². The van der Waals surface area contributed by atoms with E-state index >= 15 is 0 Å². The highest BCUT2D eigenvalue weighted by atomic mass is 16.5. The van der Waals surface area contributed by atoms with E-state index < -0.39 is 0 Å². The van der Waals surface area contributed by atoms with Gasteiger partial charge in [0.2, 0.25) is 11.8 Å². The van der Waals surface area contributed by atoms with Crippen LogP contribution in [-0.2, 0) is 14.3 Å². The van der Waals surface area contributed by atoms with E-state index in [-0.39, 0.29) is 24.2 Å². The maximum Gasteiger partial charge on any atom is 0.229 e. The lowest BCUT2D eigenvalue weighted by Crippen LogP contribution is -2.37. The van der Waals surface area contributed by atoms with Crippen molar-refractivity contribution in [1.29, 1.82) is 0 Å². The molecule has 0 spiro atoms. The highest BCUT2D eigenvalue weighted by molar-refractivity contribution is 6.04. The summed E-state index contributed by atoms with van der Waals surface area (Å²) in [6.45, 7) is 7.46. The Bertz CT molecular complexity index is 921. The van der Waals surface area contributed by atoms with E-state index in [4.69, 9.17) is 4.74 Å². The highest BCUT2D eigenvalue weighted by Gasteiger charge is 2.35. The van der Waals surface area contributed by atoms with Crippen LogP contribution < -0.4 is 15.1 Å². The number of hydrogen-bond acceptors (Lipinski definition) is 4. The highest BCUT2D eigenvalue weighted by Crippen LogP contribution is 2.30. The summed E-state index contributed by atoms with van der Waals surface area (Å²) < 4.78 is 5.43. The van der Waals surface area contributed by atoms with Crippen molar-refractivity contribution in [3.05, 3.63) is 53.6 Å². The fraction of sp³-hybridized carbons (Fsp3) is 0.391. The van der Waals surface area contributed by atoms with Crippen molar-refractivity contribution >= 4 is 28.9 Å². The van der Waals surface area contributed by atoms with E-state index in [0.717, 1.165) is 35.7 Å². The van der Waals surface area contributed by atoms with Crippen LogP contribution in [0.2, 0.25) is 0 Å². The second-order valence-corrected chi connectivity index (χ2v) is 7.78. The van der Waals surface area contributed by atoms with Gasteiger partial charge < -0.3 is 19.9 Å². The Balaban J connectivity index is 1.47. The zero-order valence-electron chi connectivity index (χ0n) is 17.0. The predicted molar refractivity (Wildman–Crippen MR) is 114 cm³/mol. The molecular formula is C23H27N3O3. The van der Waals surface area contributed by atoms with Crippen LogP contribution in [0.4, 0.5) is 17.1 Å². The SMILES string of the molecule is Cc1ccc(N2CC(C(=O)Nc3ccccc3N3CCOCC3)CC2=O)cc1C. The Kier molecular flexibility index (Phi) is 5.53. The minimum atomic E-state index is -0.359. The van der Waals surface area contributed by atoms with Gasteiger partial charge >= 0.3 is 0 Å². The molecule has 1 N–H and O–H groups in total. The predicted octanol–water partition coefficient (Wildman–Crippen LogP) is 3.13. The Morgan fingerprint density at radius 3 is 2.59 bits per heavy atom. The van der Waals surface area contributed by atoms with E-state index in [1.165, 1.54) is 5.56 Å². The Labute approximate surface area is 171 Å². The number of morpholine rings is 1. The van der Waals surface area contributed by atoms with Gasteiger partial charge in [-0.25, -0.2) is 0 Å². The number of nitrogens with zero attached hydrogens (tertiary/aromatic N) is 2. The van der Waals surface area contributed by atoms with Crippen molar-refractivity contribution < 1.29 is 14.3 Å². The van der Waals surface area contributed by atoms with Gasteiger partial charge in [0.15, 0.2) is 0 Å². The Morgan fingerprint density at radius 1 is 1.07 bits per heavy atom. The lowest BCUT2D eigenvalue weighted by molar-refractivity contribution is -0.122. The molecule has 2 aliphatic rings. The second-order valence-electron chi connectivity index (χ2n) is 7.78. The third-order valence-corrected chi connectivity index (χ3v) is 5.81. The fourth-order valence-electron chi connectivity index (χ4n) is 3.92. The lowest BCUT2D eigenvalue weighted by atomic mass is 10.1. The van der Waals surface area contributed by atoms with Crippen molar-refractivity contribution in [1.82, 2.24) is 0 Å². The van der Waals surface area contributed by atoms with Gasteiger partial charge in [0.25, 0.3) is 0 Å². The molecule has 0 bridgehead atoms. The van der Waals surface area contributed by atoms with Crippen LogP contribution in [0.15, 0.2) is 42.5 Å². The van der Waals surface area contributed by atoms with Crippen LogP contribution >= 0.6 is 0 Å². The summed E-state index contributed by atoms with van der Waals surface area (Å²) in [6, 6.07) is 13.8. The Morgan fingerprint density at radius 2 is 1.83 bits per heavy atom. The molecule has 6 nitrogen and oxygen atoms in total. The molecule has 2 aromatic carbocycles. The molecule has 2 amide bonds. The number of nitrogens with one attached hydrogen (secondary N) is 1. The van der Waals surface area contributed by atoms with Crippen molar-refractivity contribution in [3.63, 3.8) is 0 Å². The van der Waals surface area contributed by atoms with Crippen molar-refractivity contribution in [2.24, 2.45) is 5.92 Å². The molecular weight excluding hydrogens is 366 g/mol.